The first-order chi connectivity index (χ1) is 9.51. The first kappa shape index (κ1) is 15.5. The number of nitrogens with one attached hydrogen (secondary N) is 1. The third-order valence-corrected chi connectivity index (χ3v) is 2.19. The number of amides is 1. The van der Waals surface area contributed by atoms with E-state index in [4.69, 9.17) is 9.84 Å². The van der Waals surface area contributed by atoms with Crippen molar-refractivity contribution in [2.75, 3.05) is 18.5 Å². The molecule has 0 radical (unpaired) electrons. The lowest BCUT2D eigenvalue weighted by Crippen LogP contribution is -2.18. The molecule has 0 saturated carbocycles. The number of carbonyl (C=O) groups is 2. The molecule has 0 aliphatic carbocycles. The summed E-state index contributed by atoms with van der Waals surface area (Å²) in [5.74, 6) is -2.47. The van der Waals surface area contributed by atoms with Crippen LogP contribution in [0.1, 0.15) is 17.3 Å². The molecule has 6 nitrogen and oxygen atoms in total. The fraction of sp³-hybridized carbons (Fsp3) is 0.231. The van der Waals surface area contributed by atoms with Crippen molar-refractivity contribution in [3.8, 4) is 5.75 Å². The average Bonchev–Trinajstić information content (AvgIpc) is 2.39. The van der Waals surface area contributed by atoms with Gasteiger partial charge in [0.05, 0.1) is 6.61 Å². The number of hydrogen-bond acceptors (Lipinski definition) is 4. The van der Waals surface area contributed by atoms with Crippen molar-refractivity contribution in [2.24, 2.45) is 0 Å². The molecular weight excluding hydrogens is 269 g/mol. The minimum atomic E-state index is -1.52. The molecule has 0 spiro atoms. The van der Waals surface area contributed by atoms with Gasteiger partial charge < -0.3 is 14.6 Å². The van der Waals surface area contributed by atoms with E-state index < -0.39 is 23.4 Å². The van der Waals surface area contributed by atoms with Crippen LogP contribution in [0.4, 0.5) is 14.9 Å². The molecule has 0 bridgehead atoms. The second kappa shape index (κ2) is 7.13. The van der Waals surface area contributed by atoms with Crippen molar-refractivity contribution in [3.63, 3.8) is 0 Å². The maximum absolute atomic E-state index is 13.6. The highest BCUT2D eigenvalue weighted by molar-refractivity contribution is 6.01. The van der Waals surface area contributed by atoms with Crippen LogP contribution in [0.3, 0.4) is 0 Å². The molecule has 0 saturated heterocycles. The van der Waals surface area contributed by atoms with Gasteiger partial charge in [0, 0.05) is 0 Å². The Hall–Kier alpha value is -2.57. The van der Waals surface area contributed by atoms with Crippen LogP contribution in [0.15, 0.2) is 24.8 Å². The number of benzene rings is 1. The summed E-state index contributed by atoms with van der Waals surface area (Å²) in [6.07, 6.45) is 0.408. The number of aromatic carboxylic acids is 1. The second-order valence-electron chi connectivity index (χ2n) is 3.55. The molecule has 1 amide bonds. The Labute approximate surface area is 114 Å². The van der Waals surface area contributed by atoms with E-state index in [1.54, 1.807) is 6.92 Å². The first-order valence-electron chi connectivity index (χ1n) is 5.74. The minimum Gasteiger partial charge on any atom is -0.492 e. The summed E-state index contributed by atoms with van der Waals surface area (Å²) in [6.45, 7) is 5.19. The fourth-order valence-corrected chi connectivity index (χ4v) is 1.44. The molecule has 108 valence electrons. The lowest BCUT2D eigenvalue weighted by Gasteiger charge is -2.14. The maximum Gasteiger partial charge on any atom is 0.412 e. The Balaban J connectivity index is 3.17. The van der Waals surface area contributed by atoms with E-state index in [2.05, 4.69) is 16.6 Å². The number of rotatable bonds is 6. The highest BCUT2D eigenvalue weighted by Gasteiger charge is 2.22. The van der Waals surface area contributed by atoms with Gasteiger partial charge in [-0.25, -0.2) is 14.0 Å². The standard InChI is InChI=1S/C13H14FNO5/c1-3-7-20-13(18)15-11-9(19-4-2)6-5-8(14)10(11)12(16)17/h3,5-6H,1,4,7H2,2H3,(H,15,18)(H,16,17). The summed E-state index contributed by atoms with van der Waals surface area (Å²) in [4.78, 5) is 22.6. The summed E-state index contributed by atoms with van der Waals surface area (Å²) in [5, 5.41) is 11.2. The van der Waals surface area contributed by atoms with Gasteiger partial charge in [-0.15, -0.1) is 0 Å². The van der Waals surface area contributed by atoms with Crippen LogP contribution in [-0.2, 0) is 4.74 Å². The molecule has 0 aliphatic rings. The number of halogens is 1. The van der Waals surface area contributed by atoms with Crippen LogP contribution >= 0.6 is 0 Å². The van der Waals surface area contributed by atoms with Crippen LogP contribution in [0.5, 0.6) is 5.75 Å². The molecule has 1 aromatic carbocycles. The van der Waals surface area contributed by atoms with E-state index in [0.29, 0.717) is 0 Å². The summed E-state index contributed by atoms with van der Waals surface area (Å²) in [6, 6.07) is 2.18. The third kappa shape index (κ3) is 3.71. The number of carboxylic acids is 1. The van der Waals surface area contributed by atoms with E-state index in [1.807, 2.05) is 0 Å². The van der Waals surface area contributed by atoms with Crippen molar-refractivity contribution in [1.82, 2.24) is 0 Å². The molecule has 0 atom stereocenters. The van der Waals surface area contributed by atoms with Gasteiger partial charge in [0.1, 0.15) is 29.4 Å². The molecule has 0 heterocycles. The first-order valence-corrected chi connectivity index (χ1v) is 5.74. The number of carboxylic acid groups (broad SMARTS) is 1. The molecular formula is C13H14FNO5. The van der Waals surface area contributed by atoms with Crippen LogP contribution in [0.25, 0.3) is 0 Å². The van der Waals surface area contributed by atoms with Gasteiger partial charge in [-0.1, -0.05) is 12.7 Å². The molecule has 0 aromatic heterocycles. The maximum atomic E-state index is 13.6. The zero-order chi connectivity index (χ0) is 15.1. The van der Waals surface area contributed by atoms with Crippen molar-refractivity contribution < 1.29 is 28.6 Å². The topological polar surface area (TPSA) is 84.9 Å². The Bertz CT molecular complexity index is 530. The van der Waals surface area contributed by atoms with E-state index in [9.17, 15) is 14.0 Å². The van der Waals surface area contributed by atoms with Gasteiger partial charge in [-0.3, -0.25) is 5.32 Å². The number of carbonyl (C=O) groups excluding carboxylic acids is 1. The average molecular weight is 283 g/mol. The van der Waals surface area contributed by atoms with Crippen molar-refractivity contribution in [2.45, 2.75) is 6.92 Å². The van der Waals surface area contributed by atoms with Crippen LogP contribution in [0, 0.1) is 5.82 Å². The number of anilines is 1. The van der Waals surface area contributed by atoms with Gasteiger partial charge in [-0.05, 0) is 19.1 Å². The smallest absolute Gasteiger partial charge is 0.412 e. The molecule has 7 heteroatoms. The van der Waals surface area contributed by atoms with Gasteiger partial charge in [0.15, 0.2) is 0 Å². The second-order valence-corrected chi connectivity index (χ2v) is 3.55. The molecule has 1 rings (SSSR count). The monoisotopic (exact) mass is 283 g/mol. The van der Waals surface area contributed by atoms with Crippen LogP contribution in [-0.4, -0.2) is 30.4 Å². The van der Waals surface area contributed by atoms with Gasteiger partial charge in [0.25, 0.3) is 0 Å². The van der Waals surface area contributed by atoms with Gasteiger partial charge >= 0.3 is 12.1 Å². The van der Waals surface area contributed by atoms with E-state index in [0.717, 1.165) is 6.07 Å². The van der Waals surface area contributed by atoms with Gasteiger partial charge in [0.2, 0.25) is 0 Å². The highest BCUT2D eigenvalue weighted by atomic mass is 19.1. The van der Waals surface area contributed by atoms with Crippen molar-refractivity contribution >= 4 is 17.7 Å². The molecule has 20 heavy (non-hydrogen) atoms. The van der Waals surface area contributed by atoms with Crippen LogP contribution < -0.4 is 10.1 Å². The third-order valence-electron chi connectivity index (χ3n) is 2.19. The lowest BCUT2D eigenvalue weighted by atomic mass is 10.1. The lowest BCUT2D eigenvalue weighted by molar-refractivity contribution is 0.0692. The zero-order valence-corrected chi connectivity index (χ0v) is 10.8. The molecule has 0 unspecified atom stereocenters. The Morgan fingerprint density at radius 2 is 2.20 bits per heavy atom. The molecule has 0 fully saturated rings. The number of ether oxygens (including phenoxy) is 2. The quantitative estimate of drug-likeness (QED) is 0.784. The Morgan fingerprint density at radius 3 is 2.75 bits per heavy atom. The van der Waals surface area contributed by atoms with E-state index >= 15 is 0 Å². The van der Waals surface area contributed by atoms with E-state index in [1.165, 1.54) is 12.1 Å². The summed E-state index contributed by atoms with van der Waals surface area (Å²) in [7, 11) is 0. The van der Waals surface area contributed by atoms with Gasteiger partial charge in [-0.2, -0.15) is 0 Å². The largest absolute Gasteiger partial charge is 0.492 e. The summed E-state index contributed by atoms with van der Waals surface area (Å²) >= 11 is 0. The van der Waals surface area contributed by atoms with Crippen molar-refractivity contribution in [1.29, 1.82) is 0 Å². The SMILES string of the molecule is C=CCOC(=O)Nc1c(OCC)ccc(F)c1C(=O)O. The normalized spacial score (nSPS) is 9.70. The predicted octanol–water partition coefficient (Wildman–Crippen LogP) is 2.66. The number of hydrogen-bond donors (Lipinski definition) is 2. The Kier molecular flexibility index (Phi) is 5.52. The Morgan fingerprint density at radius 1 is 1.50 bits per heavy atom. The minimum absolute atomic E-state index is 0.0434. The summed E-state index contributed by atoms with van der Waals surface area (Å²) in [5.41, 5.74) is -0.972. The summed E-state index contributed by atoms with van der Waals surface area (Å²) < 4.78 is 23.4. The molecule has 1 aromatic rings. The van der Waals surface area contributed by atoms with Crippen molar-refractivity contribution in [3.05, 3.63) is 36.2 Å². The molecule has 2 N–H and O–H groups in total. The highest BCUT2D eigenvalue weighted by Crippen LogP contribution is 2.31. The fourth-order valence-electron chi connectivity index (χ4n) is 1.44. The van der Waals surface area contributed by atoms with Crippen LogP contribution in [0.2, 0.25) is 0 Å². The molecule has 0 aliphatic heterocycles. The zero-order valence-electron chi connectivity index (χ0n) is 10.8. The van der Waals surface area contributed by atoms with E-state index in [-0.39, 0.29) is 24.7 Å². The predicted molar refractivity (Wildman–Crippen MR) is 69.7 cm³/mol.